The number of nitrogens with one attached hydrogen (secondary N) is 1. The molecule has 1 aliphatic heterocycles. The summed E-state index contributed by atoms with van der Waals surface area (Å²) >= 11 is 0. The summed E-state index contributed by atoms with van der Waals surface area (Å²) in [6.07, 6.45) is 5.40. The van der Waals surface area contributed by atoms with E-state index in [-0.39, 0.29) is 0 Å². The van der Waals surface area contributed by atoms with Gasteiger partial charge in [0.25, 0.3) is 0 Å². The summed E-state index contributed by atoms with van der Waals surface area (Å²) in [5, 5.41) is 3.51. The largest absolute Gasteiger partial charge is 0.357 e. The lowest BCUT2D eigenvalue weighted by Crippen LogP contribution is -2.47. The summed E-state index contributed by atoms with van der Waals surface area (Å²) in [7, 11) is 3.93. The molecule has 24 heavy (non-hydrogen) atoms. The Morgan fingerprint density at radius 1 is 1.25 bits per heavy atom. The Hall–Kier alpha value is -2.23. The molecule has 0 bridgehead atoms. The molecule has 1 aromatic heterocycles. The third-order valence-corrected chi connectivity index (χ3v) is 4.99. The highest BCUT2D eigenvalue weighted by molar-refractivity contribution is 5.80. The van der Waals surface area contributed by atoms with E-state index < -0.39 is 0 Å². The van der Waals surface area contributed by atoms with Gasteiger partial charge in [0.1, 0.15) is 0 Å². The van der Waals surface area contributed by atoms with Crippen molar-refractivity contribution in [3.8, 4) is 0 Å². The second kappa shape index (κ2) is 7.56. The molecule has 0 saturated carbocycles. The predicted octanol–water partition coefficient (Wildman–Crippen LogP) is 3.23. The molecule has 2 atom stereocenters. The number of guanidine groups is 1. The molecule has 4 heteroatoms. The first-order valence-electron chi connectivity index (χ1n) is 8.78. The molecule has 128 valence electrons. The van der Waals surface area contributed by atoms with E-state index in [1.807, 2.05) is 14.1 Å². The molecule has 1 saturated heterocycles. The fourth-order valence-corrected chi connectivity index (χ4v) is 3.71. The lowest BCUT2D eigenvalue weighted by molar-refractivity contribution is 0.234. The maximum atomic E-state index is 4.49. The first kappa shape index (κ1) is 16.6. The minimum atomic E-state index is 0.622. The van der Waals surface area contributed by atoms with E-state index in [0.29, 0.717) is 11.8 Å². The third kappa shape index (κ3) is 3.81. The van der Waals surface area contributed by atoms with Crippen LogP contribution in [-0.2, 0) is 13.6 Å². The van der Waals surface area contributed by atoms with E-state index in [9.17, 15) is 0 Å². The van der Waals surface area contributed by atoms with Crippen molar-refractivity contribution >= 4 is 5.96 Å². The standard InChI is InChI=1S/C20H28N4/c1-16-14-24(12-10-19(16)18-7-5-4-6-8-18)20(21-2)22-13-17-9-11-23(3)15-17/h4-9,11,15-16,19H,10,12-14H2,1-3H3,(H,21,22). The molecule has 4 nitrogen and oxygen atoms in total. The van der Waals surface area contributed by atoms with Crippen LogP contribution in [0.2, 0.25) is 0 Å². The smallest absolute Gasteiger partial charge is 0.193 e. The number of piperidine rings is 1. The normalized spacial score (nSPS) is 21.8. The monoisotopic (exact) mass is 324 g/mol. The maximum Gasteiger partial charge on any atom is 0.193 e. The number of hydrogen-bond donors (Lipinski definition) is 1. The van der Waals surface area contributed by atoms with E-state index in [2.05, 4.69) is 75.5 Å². The SMILES string of the molecule is CN=C(NCc1ccn(C)c1)N1CCC(c2ccccc2)C(C)C1. The quantitative estimate of drug-likeness (QED) is 0.694. The van der Waals surface area contributed by atoms with E-state index in [4.69, 9.17) is 0 Å². The van der Waals surface area contributed by atoms with E-state index in [1.165, 1.54) is 17.5 Å². The van der Waals surface area contributed by atoms with Crippen molar-refractivity contribution in [2.24, 2.45) is 18.0 Å². The summed E-state index contributed by atoms with van der Waals surface area (Å²) < 4.78 is 2.08. The van der Waals surface area contributed by atoms with E-state index in [0.717, 1.165) is 25.6 Å². The Morgan fingerprint density at radius 3 is 2.67 bits per heavy atom. The van der Waals surface area contributed by atoms with Gasteiger partial charge in [-0.05, 0) is 35.4 Å². The second-order valence-corrected chi connectivity index (χ2v) is 6.82. The van der Waals surface area contributed by atoms with Crippen molar-refractivity contribution in [3.63, 3.8) is 0 Å². The first-order chi connectivity index (χ1) is 11.7. The van der Waals surface area contributed by atoms with Crippen LogP contribution in [0.3, 0.4) is 0 Å². The molecule has 2 heterocycles. The van der Waals surface area contributed by atoms with Gasteiger partial charge in [0, 0.05) is 46.1 Å². The van der Waals surface area contributed by atoms with Gasteiger partial charge in [-0.3, -0.25) is 4.99 Å². The van der Waals surface area contributed by atoms with Crippen LogP contribution < -0.4 is 5.32 Å². The van der Waals surface area contributed by atoms with Crippen LogP contribution in [0.15, 0.2) is 53.8 Å². The van der Waals surface area contributed by atoms with E-state index >= 15 is 0 Å². The highest BCUT2D eigenvalue weighted by Crippen LogP contribution is 2.32. The molecule has 1 aromatic carbocycles. The number of likely N-dealkylation sites (tertiary alicyclic amines) is 1. The molecule has 3 rings (SSSR count). The van der Waals surface area contributed by atoms with Gasteiger partial charge in [-0.2, -0.15) is 0 Å². The van der Waals surface area contributed by atoms with Gasteiger partial charge < -0.3 is 14.8 Å². The van der Waals surface area contributed by atoms with Gasteiger partial charge in [-0.15, -0.1) is 0 Å². The number of rotatable bonds is 3. The predicted molar refractivity (Wildman–Crippen MR) is 100 cm³/mol. The zero-order valence-corrected chi connectivity index (χ0v) is 14.9. The number of benzene rings is 1. The zero-order chi connectivity index (χ0) is 16.9. The minimum absolute atomic E-state index is 0.622. The van der Waals surface area contributed by atoms with Crippen molar-refractivity contribution in [1.82, 2.24) is 14.8 Å². The molecular formula is C20H28N4. The summed E-state index contributed by atoms with van der Waals surface area (Å²) in [4.78, 5) is 6.89. The molecule has 1 aliphatic rings. The van der Waals surface area contributed by atoms with Gasteiger partial charge in [-0.1, -0.05) is 37.3 Å². The van der Waals surface area contributed by atoms with Crippen LogP contribution in [0.5, 0.6) is 0 Å². The summed E-state index contributed by atoms with van der Waals surface area (Å²) in [5.41, 5.74) is 2.75. The molecule has 1 fully saturated rings. The molecule has 0 aliphatic carbocycles. The highest BCUT2D eigenvalue weighted by Gasteiger charge is 2.28. The van der Waals surface area contributed by atoms with Crippen LogP contribution in [-0.4, -0.2) is 35.6 Å². The van der Waals surface area contributed by atoms with Crippen LogP contribution in [0.4, 0.5) is 0 Å². The van der Waals surface area contributed by atoms with Crippen molar-refractivity contribution < 1.29 is 0 Å². The van der Waals surface area contributed by atoms with Crippen molar-refractivity contribution in [3.05, 3.63) is 59.9 Å². The molecule has 2 unspecified atom stereocenters. The summed E-state index contributed by atoms with van der Waals surface area (Å²) in [5.74, 6) is 2.28. The Balaban J connectivity index is 1.59. The molecule has 2 aromatic rings. The van der Waals surface area contributed by atoms with Gasteiger partial charge >= 0.3 is 0 Å². The zero-order valence-electron chi connectivity index (χ0n) is 14.9. The van der Waals surface area contributed by atoms with Crippen LogP contribution in [0, 0.1) is 5.92 Å². The van der Waals surface area contributed by atoms with E-state index in [1.54, 1.807) is 0 Å². The Labute approximate surface area is 145 Å². The number of aliphatic imine (C=N–C) groups is 1. The Morgan fingerprint density at radius 2 is 2.04 bits per heavy atom. The van der Waals surface area contributed by atoms with Gasteiger partial charge in [0.05, 0.1) is 0 Å². The Kier molecular flexibility index (Phi) is 5.24. The summed E-state index contributed by atoms with van der Waals surface area (Å²) in [6.45, 7) is 5.28. The molecular weight excluding hydrogens is 296 g/mol. The van der Waals surface area contributed by atoms with Crippen molar-refractivity contribution in [2.45, 2.75) is 25.8 Å². The van der Waals surface area contributed by atoms with Gasteiger partial charge in [0.15, 0.2) is 5.96 Å². The fraction of sp³-hybridized carbons (Fsp3) is 0.450. The lowest BCUT2D eigenvalue weighted by Gasteiger charge is -2.38. The number of aryl methyl sites for hydroxylation is 1. The maximum absolute atomic E-state index is 4.49. The van der Waals surface area contributed by atoms with Crippen molar-refractivity contribution in [2.75, 3.05) is 20.1 Å². The average Bonchev–Trinajstić information content (AvgIpc) is 3.02. The highest BCUT2D eigenvalue weighted by atomic mass is 15.3. The number of aromatic nitrogens is 1. The lowest BCUT2D eigenvalue weighted by atomic mass is 9.82. The minimum Gasteiger partial charge on any atom is -0.357 e. The van der Waals surface area contributed by atoms with Crippen molar-refractivity contribution in [1.29, 1.82) is 0 Å². The molecule has 0 spiro atoms. The van der Waals surface area contributed by atoms with Crippen LogP contribution in [0.25, 0.3) is 0 Å². The average molecular weight is 324 g/mol. The van der Waals surface area contributed by atoms with Crippen LogP contribution in [0.1, 0.15) is 30.4 Å². The van der Waals surface area contributed by atoms with Gasteiger partial charge in [-0.25, -0.2) is 0 Å². The Bertz CT molecular complexity index is 674. The molecule has 0 amide bonds. The second-order valence-electron chi connectivity index (χ2n) is 6.82. The van der Waals surface area contributed by atoms with Crippen LogP contribution >= 0.6 is 0 Å². The third-order valence-electron chi connectivity index (χ3n) is 4.99. The number of hydrogen-bond acceptors (Lipinski definition) is 1. The molecule has 1 N–H and O–H groups in total. The fourth-order valence-electron chi connectivity index (χ4n) is 3.71. The number of nitrogens with zero attached hydrogens (tertiary/aromatic N) is 3. The van der Waals surface area contributed by atoms with Gasteiger partial charge in [0.2, 0.25) is 0 Å². The topological polar surface area (TPSA) is 32.6 Å². The molecule has 0 radical (unpaired) electrons. The first-order valence-corrected chi connectivity index (χ1v) is 8.78. The summed E-state index contributed by atoms with van der Waals surface area (Å²) in [6, 6.07) is 13.1.